The number of unbranched alkanes of at least 4 members (excludes halogenated alkanes) is 8. The van der Waals surface area contributed by atoms with Gasteiger partial charge in [-0.25, -0.2) is 0 Å². The molecule has 4 atom stereocenters. The van der Waals surface area contributed by atoms with E-state index in [-0.39, 0.29) is 10.1 Å². The first-order chi connectivity index (χ1) is 51.9. The SMILES string of the molecule is CCCCOc1cc(C#Cc2cc(OCCCC)c(C#Cc3cc(OCCCC)c(C#Cc4cc(OCCCC)c(C#Cc5ccc(C6N([O])C(C)(C)C(C)(C)[NH+]6[O-])cc5)cc4OCCCC)cc3OCCCC)cc2OCCCC)c(OCCCC)cc1C#Cc1ccc(C2N([O])C(C)(C)C(C)(C)[NH+]2[O-])cc1. The molecule has 0 bridgehead atoms. The predicted molar refractivity (Wildman–Crippen MR) is 427 cm³/mol. The van der Waals surface area contributed by atoms with Gasteiger partial charge in [-0.05, 0) is 131 Å². The van der Waals surface area contributed by atoms with Gasteiger partial charge in [-0.3, -0.25) is 0 Å². The number of hydroxylamine groups is 8. The Morgan fingerprint density at radius 2 is 0.463 bits per heavy atom. The normalized spacial score (nSPS) is 17.3. The maximum Gasteiger partial charge on any atom is 0.196 e. The van der Waals surface area contributed by atoms with E-state index in [4.69, 9.17) is 37.9 Å². The highest BCUT2D eigenvalue weighted by atomic mass is 16.6. The van der Waals surface area contributed by atoms with Gasteiger partial charge in [0.15, 0.2) is 12.3 Å². The summed E-state index contributed by atoms with van der Waals surface area (Å²) in [5.74, 6) is 38.8. The Morgan fingerprint density at radius 1 is 0.296 bits per heavy atom. The Morgan fingerprint density at radius 3 is 0.611 bits per heavy atom. The zero-order valence-corrected chi connectivity index (χ0v) is 67.2. The number of ether oxygens (including phenoxy) is 8. The lowest BCUT2D eigenvalue weighted by Crippen LogP contribution is -3.14. The summed E-state index contributed by atoms with van der Waals surface area (Å²) in [6, 6.07) is 30.0. The van der Waals surface area contributed by atoms with Gasteiger partial charge in [0.2, 0.25) is 0 Å². The zero-order chi connectivity index (χ0) is 78.0. The first-order valence-electron chi connectivity index (χ1n) is 39.5. The molecule has 16 nitrogen and oxygen atoms in total. The van der Waals surface area contributed by atoms with E-state index >= 15 is 0 Å². The first-order valence-corrected chi connectivity index (χ1v) is 39.5. The van der Waals surface area contributed by atoms with Crippen molar-refractivity contribution in [1.29, 1.82) is 0 Å². The molecule has 0 aliphatic carbocycles. The fraction of sp³-hybridized carbons (Fsp3) is 0.500. The minimum Gasteiger partial charge on any atom is -0.632 e. The molecule has 4 unspecified atom stereocenters. The van der Waals surface area contributed by atoms with Gasteiger partial charge in [0.05, 0.1) is 97.4 Å². The molecular weight excluding hydrogens is 1350 g/mol. The monoisotopic (exact) mass is 1470 g/mol. The van der Waals surface area contributed by atoms with Crippen LogP contribution in [0, 0.1) is 69.6 Å². The summed E-state index contributed by atoms with van der Waals surface area (Å²) in [5, 5.41) is 56.0. The number of hydrogen-bond acceptors (Lipinski definition) is 12. The van der Waals surface area contributed by atoms with Gasteiger partial charge in [0, 0.05) is 70.8 Å². The molecule has 0 aromatic heterocycles. The van der Waals surface area contributed by atoms with Crippen LogP contribution in [-0.2, 0) is 10.4 Å². The molecule has 576 valence electrons. The average Bonchev–Trinajstić information content (AvgIpc) is 1.58. The summed E-state index contributed by atoms with van der Waals surface area (Å²) in [7, 11) is 0. The summed E-state index contributed by atoms with van der Waals surface area (Å²) < 4.78 is 52.7. The highest BCUT2D eigenvalue weighted by Crippen LogP contribution is 2.40. The number of nitrogens with one attached hydrogen (secondary N) is 2. The van der Waals surface area contributed by atoms with Crippen LogP contribution in [0.1, 0.15) is 293 Å². The molecular formula is C92H116N4O12. The molecule has 0 amide bonds. The topological polar surface area (TPSA) is 175 Å². The van der Waals surface area contributed by atoms with Crippen molar-refractivity contribution in [1.82, 2.24) is 10.1 Å². The van der Waals surface area contributed by atoms with Crippen molar-refractivity contribution in [2.24, 2.45) is 0 Å². The molecule has 2 heterocycles. The molecule has 6 aromatic rings. The molecule has 0 spiro atoms. The maximum absolute atomic E-state index is 13.6. The zero-order valence-electron chi connectivity index (χ0n) is 67.2. The lowest BCUT2D eigenvalue weighted by molar-refractivity contribution is -0.926. The molecule has 16 heteroatoms. The van der Waals surface area contributed by atoms with Crippen molar-refractivity contribution < 1.29 is 58.4 Å². The van der Waals surface area contributed by atoms with Crippen LogP contribution in [0.25, 0.3) is 0 Å². The summed E-state index contributed by atoms with van der Waals surface area (Å²) in [6.45, 7) is 35.4. The van der Waals surface area contributed by atoms with Crippen molar-refractivity contribution in [3.05, 3.63) is 174 Å². The molecule has 2 saturated heterocycles. The van der Waals surface area contributed by atoms with Gasteiger partial charge >= 0.3 is 0 Å². The predicted octanol–water partition coefficient (Wildman–Crippen LogP) is 17.3. The van der Waals surface area contributed by atoms with Gasteiger partial charge in [-0.15, -0.1) is 10.4 Å². The molecule has 0 saturated carbocycles. The minimum atomic E-state index is -0.895. The van der Waals surface area contributed by atoms with E-state index in [0.717, 1.165) is 113 Å². The van der Waals surface area contributed by atoms with Crippen LogP contribution in [0.5, 0.6) is 46.0 Å². The van der Waals surface area contributed by atoms with Crippen molar-refractivity contribution in [3.63, 3.8) is 0 Å². The van der Waals surface area contributed by atoms with Crippen LogP contribution >= 0.6 is 0 Å². The first kappa shape index (κ1) is 84.8. The van der Waals surface area contributed by atoms with E-state index in [1.165, 1.54) is 0 Å². The molecule has 2 fully saturated rings. The molecule has 108 heavy (non-hydrogen) atoms. The minimum absolute atomic E-state index is 0.0999. The van der Waals surface area contributed by atoms with Gasteiger partial charge in [-0.2, -0.15) is 0 Å². The van der Waals surface area contributed by atoms with Crippen LogP contribution in [0.2, 0.25) is 0 Å². The summed E-state index contributed by atoms with van der Waals surface area (Å²) in [5.41, 5.74) is 4.29. The lowest BCUT2D eigenvalue weighted by Gasteiger charge is -2.38. The third-order valence-corrected chi connectivity index (χ3v) is 20.9. The smallest absolute Gasteiger partial charge is 0.196 e. The second kappa shape index (κ2) is 40.6. The Labute approximate surface area is 645 Å². The van der Waals surface area contributed by atoms with E-state index in [2.05, 4.69) is 115 Å². The fourth-order valence-electron chi connectivity index (χ4n) is 12.0. The fourth-order valence-corrected chi connectivity index (χ4v) is 12.0. The Balaban J connectivity index is 1.20. The molecule has 2 aliphatic heterocycles. The Kier molecular flexibility index (Phi) is 31.9. The quantitative estimate of drug-likeness (QED) is 0.0223. The average molecular weight is 1470 g/mol. The van der Waals surface area contributed by atoms with Crippen LogP contribution in [0.4, 0.5) is 0 Å². The third kappa shape index (κ3) is 21.2. The molecule has 2 aliphatic rings. The highest BCUT2D eigenvalue weighted by Gasteiger charge is 2.61. The van der Waals surface area contributed by atoms with Crippen LogP contribution in [0.3, 0.4) is 0 Å². The van der Waals surface area contributed by atoms with Crippen LogP contribution in [0.15, 0.2) is 97.1 Å². The van der Waals surface area contributed by atoms with Crippen molar-refractivity contribution >= 4 is 0 Å². The van der Waals surface area contributed by atoms with E-state index in [0.29, 0.717) is 166 Å². The third-order valence-electron chi connectivity index (χ3n) is 20.9. The largest absolute Gasteiger partial charge is 0.632 e. The van der Waals surface area contributed by atoms with Crippen molar-refractivity contribution in [2.45, 2.75) is 248 Å². The van der Waals surface area contributed by atoms with Gasteiger partial charge in [0.25, 0.3) is 0 Å². The lowest BCUT2D eigenvalue weighted by atomic mass is 9.84. The Bertz CT molecular complexity index is 3960. The van der Waals surface area contributed by atoms with E-state index in [9.17, 15) is 20.8 Å². The van der Waals surface area contributed by atoms with Crippen LogP contribution in [-0.4, -0.2) is 85.1 Å². The number of rotatable bonds is 34. The van der Waals surface area contributed by atoms with Gasteiger partial charge in [0.1, 0.15) is 68.2 Å². The second-order valence-electron chi connectivity index (χ2n) is 30.0. The standard InChI is InChI=1S/C92H116N4O12/c1-17-25-51-101-79-61-73(81(103-53-27-19-3)59-71(79)43-37-67-33-39-69(40-34-67)87-93(97)89(9,10)90(11,12)94(87)98)45-47-75-63-85(107-57-31-23-7)77(65-83(75)105-55-29-21-5)49-50-78-66-84(106-56-30-22-6)76(64-86(78)108-58-32-24-8)48-46-74-62-80(102-52-26-18-2)72(60-82(74)104-54-28-20-4)44-38-68-35-41-70(42-36-68)88-95(99)91(13,14)92(15,16)96(88)100/h33-36,39-42,59-66,87-88,93,95H,17-32,51-58H2,1-16H3. The Hall–Kier alpha value is -8.80. The second-order valence-corrected chi connectivity index (χ2v) is 30.0. The van der Waals surface area contributed by atoms with Crippen molar-refractivity contribution in [2.75, 3.05) is 52.9 Å². The number of hydrogen-bond donors (Lipinski definition) is 2. The maximum atomic E-state index is 13.6. The van der Waals surface area contributed by atoms with E-state index in [1.54, 1.807) is 0 Å². The van der Waals surface area contributed by atoms with Crippen LogP contribution < -0.4 is 48.0 Å². The highest BCUT2D eigenvalue weighted by molar-refractivity contribution is 5.67. The van der Waals surface area contributed by atoms with E-state index < -0.39 is 34.5 Å². The summed E-state index contributed by atoms with van der Waals surface area (Å²) in [4.78, 5) is 0. The summed E-state index contributed by atoms with van der Waals surface area (Å²) >= 11 is 0. The number of nitrogens with zero attached hydrogens (tertiary/aromatic N) is 2. The van der Waals surface area contributed by atoms with Gasteiger partial charge in [-0.1, -0.05) is 200 Å². The molecule has 2 N–H and O–H groups in total. The van der Waals surface area contributed by atoms with Crippen molar-refractivity contribution in [3.8, 4) is 105 Å². The number of quaternary nitrogens is 2. The number of benzene rings is 6. The van der Waals surface area contributed by atoms with Gasteiger partial charge < -0.3 is 58.4 Å². The van der Waals surface area contributed by atoms with E-state index in [1.807, 2.05) is 152 Å². The molecule has 2 radical (unpaired) electrons. The molecule has 8 rings (SSSR count). The summed E-state index contributed by atoms with van der Waals surface area (Å²) in [6.07, 6.45) is 12.2. The molecule has 6 aromatic carbocycles.